The zero-order valence-electron chi connectivity index (χ0n) is 22.2. The maximum Gasteiger partial charge on any atom is 0.247 e. The van der Waals surface area contributed by atoms with Crippen LogP contribution in [0.2, 0.25) is 0 Å². The van der Waals surface area contributed by atoms with E-state index < -0.39 is 15.8 Å². The van der Waals surface area contributed by atoms with Crippen molar-refractivity contribution in [1.82, 2.24) is 4.31 Å². The number of rotatable bonds is 6. The third-order valence-electron chi connectivity index (χ3n) is 6.85. The summed E-state index contributed by atoms with van der Waals surface area (Å²) in [5, 5.41) is 0. The average Bonchev–Trinajstić information content (AvgIpc) is 3.15. The van der Waals surface area contributed by atoms with Crippen LogP contribution in [0.3, 0.4) is 0 Å². The van der Waals surface area contributed by atoms with E-state index in [2.05, 4.69) is 20.8 Å². The average molecular weight is 544 g/mol. The van der Waals surface area contributed by atoms with Crippen LogP contribution in [-0.2, 0) is 16.6 Å². The van der Waals surface area contributed by atoms with Gasteiger partial charge in [-0.25, -0.2) is 12.8 Å². The van der Waals surface area contributed by atoms with E-state index in [1.54, 1.807) is 24.3 Å². The Kier molecular flexibility index (Phi) is 7.66. The van der Waals surface area contributed by atoms with Crippen LogP contribution in [0, 0.1) is 18.2 Å². The van der Waals surface area contributed by atoms with E-state index in [4.69, 9.17) is 4.74 Å². The van der Waals surface area contributed by atoms with E-state index >= 15 is 0 Å². The molecular formula is C29H34FNO4S2. The van der Waals surface area contributed by atoms with Gasteiger partial charge in [-0.3, -0.25) is 4.79 Å². The summed E-state index contributed by atoms with van der Waals surface area (Å²) in [7, 11) is -3.78. The molecule has 1 unspecified atom stereocenters. The van der Waals surface area contributed by atoms with E-state index in [1.807, 2.05) is 32.0 Å². The first kappa shape index (κ1) is 27.5. The van der Waals surface area contributed by atoms with Crippen LogP contribution in [0.1, 0.15) is 78.2 Å². The lowest BCUT2D eigenvalue weighted by atomic mass is 9.75. The predicted molar refractivity (Wildman–Crippen MR) is 146 cm³/mol. The summed E-state index contributed by atoms with van der Waals surface area (Å²) >= 11 is 1.19. The third-order valence-corrected chi connectivity index (χ3v) is 9.98. The predicted octanol–water partition coefficient (Wildman–Crippen LogP) is 6.94. The second-order valence-corrected chi connectivity index (χ2v) is 13.7. The number of carbonyl (C=O) groups is 1. The third kappa shape index (κ3) is 5.52. The fourth-order valence-electron chi connectivity index (χ4n) is 4.89. The minimum atomic E-state index is -3.78. The minimum Gasteiger partial charge on any atom is -0.488 e. The molecule has 1 aliphatic rings. The maximum absolute atomic E-state index is 14.6. The monoisotopic (exact) mass is 543 g/mol. The van der Waals surface area contributed by atoms with Crippen molar-refractivity contribution < 1.29 is 22.3 Å². The number of benzene rings is 2. The van der Waals surface area contributed by atoms with Gasteiger partial charge in [0.1, 0.15) is 27.4 Å². The van der Waals surface area contributed by atoms with Crippen molar-refractivity contribution >= 4 is 27.1 Å². The molecule has 0 amide bonds. The van der Waals surface area contributed by atoms with Crippen molar-refractivity contribution in [3.8, 4) is 5.75 Å². The van der Waals surface area contributed by atoms with Gasteiger partial charge in [-0.05, 0) is 53.6 Å². The molecule has 37 heavy (non-hydrogen) atoms. The Morgan fingerprint density at radius 3 is 2.51 bits per heavy atom. The molecule has 2 heterocycles. The number of hydrogen-bond donors (Lipinski definition) is 0. The lowest BCUT2D eigenvalue weighted by molar-refractivity contribution is 0.101. The Bertz CT molecular complexity index is 1420. The van der Waals surface area contributed by atoms with Crippen LogP contribution >= 0.6 is 11.3 Å². The summed E-state index contributed by atoms with van der Waals surface area (Å²) in [6, 6.07) is 14.3. The van der Waals surface area contributed by atoms with Crippen LogP contribution in [0.25, 0.3) is 0 Å². The largest absolute Gasteiger partial charge is 0.488 e. The lowest BCUT2D eigenvalue weighted by Gasteiger charge is -2.31. The molecule has 8 heteroatoms. The van der Waals surface area contributed by atoms with Crippen LogP contribution in [0.5, 0.6) is 5.75 Å². The first-order valence-electron chi connectivity index (χ1n) is 12.5. The first-order chi connectivity index (χ1) is 17.3. The van der Waals surface area contributed by atoms with Crippen LogP contribution in [-0.4, -0.2) is 31.2 Å². The summed E-state index contributed by atoms with van der Waals surface area (Å²) in [5.41, 5.74) is 2.54. The van der Waals surface area contributed by atoms with Gasteiger partial charge in [-0.15, -0.1) is 11.3 Å². The fraction of sp³-hybridized carbons (Fsp3) is 0.414. The number of aryl methyl sites for hydroxylation is 1. The zero-order chi connectivity index (χ0) is 27.1. The van der Waals surface area contributed by atoms with Crippen molar-refractivity contribution in [3.05, 3.63) is 80.8 Å². The molecule has 0 bridgehead atoms. The number of halogens is 1. The van der Waals surface area contributed by atoms with E-state index in [-0.39, 0.29) is 46.1 Å². The number of fused-ring (bicyclic) bond motifs is 1. The number of ether oxygens (including phenoxy) is 1. The molecule has 198 valence electrons. The molecular weight excluding hydrogens is 509 g/mol. The molecule has 1 aliphatic heterocycles. The first-order valence-corrected chi connectivity index (χ1v) is 14.7. The van der Waals surface area contributed by atoms with Crippen LogP contribution in [0.15, 0.2) is 53.4 Å². The minimum absolute atomic E-state index is 0.136. The number of carbonyl (C=O) groups excluding carboxylic acids is 1. The number of sulfonamides is 1. The highest BCUT2D eigenvalue weighted by atomic mass is 32.2. The summed E-state index contributed by atoms with van der Waals surface area (Å²) in [6.45, 7) is 12.0. The molecule has 0 saturated carbocycles. The summed E-state index contributed by atoms with van der Waals surface area (Å²) in [5.74, 6) is -0.567. The van der Waals surface area contributed by atoms with Gasteiger partial charge in [-0.1, -0.05) is 58.0 Å². The Hall–Kier alpha value is -2.55. The number of nitrogens with zero attached hydrogens (tertiary/aromatic N) is 1. The molecule has 0 radical (unpaired) electrons. The van der Waals surface area contributed by atoms with Gasteiger partial charge in [0.25, 0.3) is 0 Å². The van der Waals surface area contributed by atoms with Gasteiger partial charge in [0.05, 0.1) is 6.54 Å². The second kappa shape index (κ2) is 10.3. The van der Waals surface area contributed by atoms with Crippen LogP contribution < -0.4 is 4.74 Å². The molecule has 2 aromatic carbocycles. The highest BCUT2D eigenvalue weighted by Crippen LogP contribution is 2.44. The summed E-state index contributed by atoms with van der Waals surface area (Å²) < 4.78 is 49.5. The fourth-order valence-corrected chi connectivity index (χ4v) is 7.77. The highest BCUT2D eigenvalue weighted by Gasteiger charge is 2.35. The molecule has 0 fully saturated rings. The van der Waals surface area contributed by atoms with Gasteiger partial charge >= 0.3 is 0 Å². The number of hydrogen-bond acceptors (Lipinski definition) is 5. The number of para-hydroxylation sites is 1. The maximum atomic E-state index is 14.6. The van der Waals surface area contributed by atoms with Crippen molar-refractivity contribution in [1.29, 1.82) is 0 Å². The van der Waals surface area contributed by atoms with Gasteiger partial charge in [0, 0.05) is 24.3 Å². The Labute approximate surface area is 223 Å². The molecule has 2 atom stereocenters. The molecule has 0 aliphatic carbocycles. The molecule has 1 aromatic heterocycles. The Morgan fingerprint density at radius 1 is 1.19 bits per heavy atom. The smallest absolute Gasteiger partial charge is 0.247 e. The topological polar surface area (TPSA) is 63.7 Å². The molecule has 5 nitrogen and oxygen atoms in total. The zero-order valence-corrected chi connectivity index (χ0v) is 23.8. The van der Waals surface area contributed by atoms with Crippen molar-refractivity contribution in [2.24, 2.45) is 5.41 Å². The summed E-state index contributed by atoms with van der Waals surface area (Å²) in [6.07, 6.45) is 0.414. The molecule has 0 spiro atoms. The van der Waals surface area contributed by atoms with E-state index in [0.29, 0.717) is 12.2 Å². The van der Waals surface area contributed by atoms with Crippen molar-refractivity contribution in [3.63, 3.8) is 0 Å². The molecule has 3 aromatic rings. The van der Waals surface area contributed by atoms with Gasteiger partial charge in [0.15, 0.2) is 5.78 Å². The molecule has 0 N–H and O–H groups in total. The second-order valence-electron chi connectivity index (χ2n) is 10.8. The van der Waals surface area contributed by atoms with Gasteiger partial charge in [0.2, 0.25) is 10.0 Å². The van der Waals surface area contributed by atoms with Gasteiger partial charge in [-0.2, -0.15) is 4.31 Å². The Morgan fingerprint density at radius 2 is 1.89 bits per heavy atom. The van der Waals surface area contributed by atoms with E-state index in [0.717, 1.165) is 21.6 Å². The SMILES string of the molecule is CC[C@@H]1CN(Cc2cc(C(c3cc(F)c(C(C)=O)s3)C(C)(C)C)ccc2C)S(=O)(=O)c2ccccc2O1. The molecule has 0 saturated heterocycles. The van der Waals surface area contributed by atoms with E-state index in [1.165, 1.54) is 28.6 Å². The number of ketones is 1. The van der Waals surface area contributed by atoms with Crippen molar-refractivity contribution in [2.45, 2.75) is 71.4 Å². The van der Waals surface area contributed by atoms with Crippen LogP contribution in [0.4, 0.5) is 4.39 Å². The van der Waals surface area contributed by atoms with Gasteiger partial charge < -0.3 is 4.74 Å². The number of Topliss-reactive ketones (excluding diaryl/α,β-unsaturated/α-hetero) is 1. The number of thiophene rings is 1. The normalized spacial score (nSPS) is 18.5. The van der Waals surface area contributed by atoms with Crippen molar-refractivity contribution in [2.75, 3.05) is 6.54 Å². The molecule has 4 rings (SSSR count). The summed E-state index contributed by atoms with van der Waals surface area (Å²) in [4.78, 5) is 13.0. The lowest BCUT2D eigenvalue weighted by Crippen LogP contribution is -2.36. The quantitative estimate of drug-likeness (QED) is 0.316. The Balaban J connectivity index is 1.76. The standard InChI is InChI=1S/C29H34FNO4S2/c1-7-22-17-31(37(33,34)26-11-9-8-10-24(26)35-22)16-21-14-20(13-12-18(21)2)27(29(4,5)6)25-15-23(30)28(36-25)19(3)32/h8-15,22,27H,7,16-17H2,1-6H3/t22-,27?/m1/s1. The highest BCUT2D eigenvalue weighted by molar-refractivity contribution is 7.89. The van der Waals surface area contributed by atoms with E-state index in [9.17, 15) is 17.6 Å².